The summed E-state index contributed by atoms with van der Waals surface area (Å²) in [5, 5.41) is 1.32. The predicted octanol–water partition coefficient (Wildman–Crippen LogP) is 4.97. The van der Waals surface area contributed by atoms with Crippen LogP contribution in [-0.2, 0) is 0 Å². The zero-order chi connectivity index (χ0) is 13.2. The fourth-order valence-electron chi connectivity index (χ4n) is 2.47. The summed E-state index contributed by atoms with van der Waals surface area (Å²) >= 11 is 0. The van der Waals surface area contributed by atoms with Crippen LogP contribution in [0.2, 0.25) is 0 Å². The van der Waals surface area contributed by atoms with Gasteiger partial charge in [0.2, 0.25) is 0 Å². The first kappa shape index (κ1) is 11.8. The number of benzene rings is 2. The Hall–Kier alpha value is -2.28. The molecule has 1 heteroatoms. The lowest BCUT2D eigenvalue weighted by Crippen LogP contribution is -1.86. The van der Waals surface area contributed by atoms with E-state index in [1.54, 1.807) is 0 Å². The molecular formula is C18H17N. The summed E-state index contributed by atoms with van der Waals surface area (Å²) in [4.78, 5) is 0. The Morgan fingerprint density at radius 2 is 1.63 bits per heavy atom. The predicted molar refractivity (Wildman–Crippen MR) is 83.0 cm³/mol. The Labute approximate surface area is 113 Å². The number of aromatic nitrogens is 1. The quantitative estimate of drug-likeness (QED) is 0.602. The minimum absolute atomic E-state index is 1.26. The molecule has 0 atom stereocenters. The van der Waals surface area contributed by atoms with Crippen molar-refractivity contribution in [2.45, 2.75) is 13.8 Å². The summed E-state index contributed by atoms with van der Waals surface area (Å²) in [5.41, 5.74) is 5.10. The zero-order valence-electron chi connectivity index (χ0n) is 11.3. The van der Waals surface area contributed by atoms with Gasteiger partial charge in [-0.1, -0.05) is 48.5 Å². The van der Waals surface area contributed by atoms with Crippen molar-refractivity contribution in [1.29, 1.82) is 0 Å². The third-order valence-corrected chi connectivity index (χ3v) is 3.50. The van der Waals surface area contributed by atoms with Gasteiger partial charge in [0.25, 0.3) is 0 Å². The van der Waals surface area contributed by atoms with Crippen molar-refractivity contribution in [3.05, 3.63) is 71.9 Å². The highest BCUT2D eigenvalue weighted by atomic mass is 14.9. The monoisotopic (exact) mass is 247 g/mol. The normalized spacial score (nSPS) is 12.0. The standard InChI is InChI=1S/C18H17N/c1-14(16-8-4-3-5-9-16)12-19-13-15(2)17-10-6-7-11-18(17)19/h3-13H,1-2H3/b14-12+. The molecule has 0 N–H and O–H groups in total. The van der Waals surface area contributed by atoms with Crippen molar-refractivity contribution in [2.75, 3.05) is 0 Å². The molecule has 0 aliphatic rings. The number of para-hydroxylation sites is 1. The topological polar surface area (TPSA) is 4.93 Å². The van der Waals surface area contributed by atoms with E-state index >= 15 is 0 Å². The van der Waals surface area contributed by atoms with Crippen molar-refractivity contribution in [3.63, 3.8) is 0 Å². The molecule has 0 spiro atoms. The molecule has 0 bridgehead atoms. The van der Waals surface area contributed by atoms with Crippen molar-refractivity contribution >= 4 is 22.7 Å². The average molecular weight is 247 g/mol. The Kier molecular flexibility index (Phi) is 2.96. The molecule has 0 fully saturated rings. The molecule has 0 unspecified atom stereocenters. The molecule has 0 radical (unpaired) electrons. The second-order valence-corrected chi connectivity index (χ2v) is 4.91. The molecule has 2 aromatic carbocycles. The minimum Gasteiger partial charge on any atom is -0.323 e. The third-order valence-electron chi connectivity index (χ3n) is 3.50. The lowest BCUT2D eigenvalue weighted by Gasteiger charge is -2.03. The number of hydrogen-bond acceptors (Lipinski definition) is 0. The minimum atomic E-state index is 1.26. The van der Waals surface area contributed by atoms with E-state index in [-0.39, 0.29) is 0 Å². The molecule has 0 amide bonds. The number of hydrogen-bond donors (Lipinski definition) is 0. The van der Waals surface area contributed by atoms with Gasteiger partial charge in [0.05, 0.1) is 5.52 Å². The lowest BCUT2D eigenvalue weighted by molar-refractivity contribution is 1.21. The van der Waals surface area contributed by atoms with E-state index in [4.69, 9.17) is 0 Å². The first-order valence-corrected chi connectivity index (χ1v) is 6.56. The van der Waals surface area contributed by atoms with Crippen molar-refractivity contribution in [3.8, 4) is 0 Å². The molecule has 0 aliphatic heterocycles. The summed E-state index contributed by atoms with van der Waals surface area (Å²) in [5.74, 6) is 0. The molecule has 94 valence electrons. The maximum Gasteiger partial charge on any atom is 0.0525 e. The number of aryl methyl sites for hydroxylation is 1. The van der Waals surface area contributed by atoms with Gasteiger partial charge in [-0.05, 0) is 36.6 Å². The molecule has 1 aromatic heterocycles. The van der Waals surface area contributed by atoms with Gasteiger partial charge < -0.3 is 4.57 Å². The van der Waals surface area contributed by atoms with E-state index in [2.05, 4.69) is 79.3 Å². The molecule has 19 heavy (non-hydrogen) atoms. The van der Waals surface area contributed by atoms with Gasteiger partial charge >= 0.3 is 0 Å². The molecule has 0 saturated carbocycles. The highest BCUT2D eigenvalue weighted by molar-refractivity contribution is 5.87. The molecule has 1 nitrogen and oxygen atoms in total. The van der Waals surface area contributed by atoms with Gasteiger partial charge in [0, 0.05) is 17.8 Å². The van der Waals surface area contributed by atoms with Crippen LogP contribution in [0.15, 0.2) is 60.8 Å². The Bertz CT molecular complexity index is 733. The number of nitrogens with zero attached hydrogens (tertiary/aromatic N) is 1. The van der Waals surface area contributed by atoms with Crippen LogP contribution in [0.5, 0.6) is 0 Å². The second kappa shape index (κ2) is 4.77. The average Bonchev–Trinajstić information content (AvgIpc) is 2.77. The molecule has 0 aliphatic carbocycles. The van der Waals surface area contributed by atoms with E-state index in [0.29, 0.717) is 0 Å². The summed E-state index contributed by atoms with van der Waals surface area (Å²) in [7, 11) is 0. The number of rotatable bonds is 2. The van der Waals surface area contributed by atoms with Gasteiger partial charge in [0.1, 0.15) is 0 Å². The van der Waals surface area contributed by atoms with Crippen LogP contribution < -0.4 is 0 Å². The SMILES string of the molecule is C/C(=C\n1cc(C)c2ccccc21)c1ccccc1. The fourth-order valence-corrected chi connectivity index (χ4v) is 2.47. The Morgan fingerprint density at radius 3 is 2.42 bits per heavy atom. The van der Waals surface area contributed by atoms with E-state index < -0.39 is 0 Å². The first-order chi connectivity index (χ1) is 9.25. The first-order valence-electron chi connectivity index (χ1n) is 6.56. The van der Waals surface area contributed by atoms with Crippen LogP contribution in [0, 0.1) is 6.92 Å². The number of fused-ring (bicyclic) bond motifs is 1. The van der Waals surface area contributed by atoms with E-state index in [9.17, 15) is 0 Å². The Balaban J connectivity index is 2.11. The van der Waals surface area contributed by atoms with E-state index in [1.165, 1.54) is 27.6 Å². The van der Waals surface area contributed by atoms with Gasteiger partial charge in [-0.3, -0.25) is 0 Å². The molecule has 1 heterocycles. The maximum atomic E-state index is 2.22. The highest BCUT2D eigenvalue weighted by Gasteiger charge is 2.03. The summed E-state index contributed by atoms with van der Waals surface area (Å²) < 4.78 is 2.22. The van der Waals surface area contributed by atoms with Crippen molar-refractivity contribution in [1.82, 2.24) is 4.57 Å². The largest absolute Gasteiger partial charge is 0.323 e. The van der Waals surface area contributed by atoms with Gasteiger partial charge in [-0.25, -0.2) is 0 Å². The Morgan fingerprint density at radius 1 is 0.947 bits per heavy atom. The van der Waals surface area contributed by atoms with Gasteiger partial charge in [-0.2, -0.15) is 0 Å². The molecule has 3 aromatic rings. The van der Waals surface area contributed by atoms with Gasteiger partial charge in [0.15, 0.2) is 0 Å². The number of allylic oxidation sites excluding steroid dienone is 1. The van der Waals surface area contributed by atoms with Crippen LogP contribution in [0.3, 0.4) is 0 Å². The highest BCUT2D eigenvalue weighted by Crippen LogP contribution is 2.23. The van der Waals surface area contributed by atoms with E-state index in [1.807, 2.05) is 6.07 Å². The van der Waals surface area contributed by atoms with Gasteiger partial charge in [-0.15, -0.1) is 0 Å². The van der Waals surface area contributed by atoms with Crippen LogP contribution in [-0.4, -0.2) is 4.57 Å². The third kappa shape index (κ3) is 2.19. The second-order valence-electron chi connectivity index (χ2n) is 4.91. The van der Waals surface area contributed by atoms with Crippen molar-refractivity contribution < 1.29 is 0 Å². The van der Waals surface area contributed by atoms with Crippen LogP contribution >= 0.6 is 0 Å². The fraction of sp³-hybridized carbons (Fsp3) is 0.111. The van der Waals surface area contributed by atoms with Crippen LogP contribution in [0.4, 0.5) is 0 Å². The maximum absolute atomic E-state index is 2.22. The molecular weight excluding hydrogens is 230 g/mol. The summed E-state index contributed by atoms with van der Waals surface area (Å²) in [6.45, 7) is 4.31. The smallest absolute Gasteiger partial charge is 0.0525 e. The van der Waals surface area contributed by atoms with Crippen LogP contribution in [0.25, 0.3) is 22.7 Å². The lowest BCUT2D eigenvalue weighted by atomic mass is 10.1. The van der Waals surface area contributed by atoms with E-state index in [0.717, 1.165) is 0 Å². The molecule has 0 saturated heterocycles. The molecule has 3 rings (SSSR count). The summed E-state index contributed by atoms with van der Waals surface area (Å²) in [6, 6.07) is 19.0. The summed E-state index contributed by atoms with van der Waals surface area (Å²) in [6.07, 6.45) is 4.39. The van der Waals surface area contributed by atoms with Crippen LogP contribution in [0.1, 0.15) is 18.1 Å². The van der Waals surface area contributed by atoms with Crippen molar-refractivity contribution in [2.24, 2.45) is 0 Å². The zero-order valence-corrected chi connectivity index (χ0v) is 11.3.